The Bertz CT molecular complexity index is 745. The SMILES string of the molecule is Cc1ccn(CC2CCCNC2)c(=O)c1C(=O)N(C)CC1CCN(CCO)CC1.Cl.Cl. The van der Waals surface area contributed by atoms with Crippen LogP contribution in [0.1, 0.15) is 41.6 Å². The lowest BCUT2D eigenvalue weighted by atomic mass is 9.96. The van der Waals surface area contributed by atoms with E-state index in [2.05, 4.69) is 10.2 Å². The highest BCUT2D eigenvalue weighted by Crippen LogP contribution is 2.19. The molecule has 1 aromatic rings. The number of carbonyl (C=O) groups is 1. The zero-order chi connectivity index (χ0) is 20.8. The molecule has 2 saturated heterocycles. The number of aromatic nitrogens is 1. The van der Waals surface area contributed by atoms with E-state index >= 15 is 0 Å². The van der Waals surface area contributed by atoms with Crippen LogP contribution in [0.4, 0.5) is 0 Å². The predicted molar refractivity (Wildman–Crippen MR) is 129 cm³/mol. The summed E-state index contributed by atoms with van der Waals surface area (Å²) in [6, 6.07) is 1.89. The molecule has 178 valence electrons. The van der Waals surface area contributed by atoms with E-state index in [9.17, 15) is 9.59 Å². The lowest BCUT2D eigenvalue weighted by Crippen LogP contribution is -2.42. The minimum Gasteiger partial charge on any atom is -0.395 e. The molecule has 2 aliphatic heterocycles. The summed E-state index contributed by atoms with van der Waals surface area (Å²) >= 11 is 0. The molecule has 2 N–H and O–H groups in total. The van der Waals surface area contributed by atoms with Crippen molar-refractivity contribution in [1.29, 1.82) is 0 Å². The number of aliphatic hydroxyl groups excluding tert-OH is 1. The quantitative estimate of drug-likeness (QED) is 0.626. The number of amides is 1. The number of hydrogen-bond acceptors (Lipinski definition) is 5. The lowest BCUT2D eigenvalue weighted by Gasteiger charge is -2.33. The fourth-order valence-electron chi connectivity index (χ4n) is 4.62. The fraction of sp³-hybridized carbons (Fsp3) is 0.727. The Labute approximate surface area is 198 Å². The molecule has 1 atom stereocenters. The molecular weight excluding hydrogens is 439 g/mol. The minimum atomic E-state index is -0.165. The molecule has 9 heteroatoms. The van der Waals surface area contributed by atoms with E-state index in [1.54, 1.807) is 9.47 Å². The molecule has 31 heavy (non-hydrogen) atoms. The van der Waals surface area contributed by atoms with Crippen molar-refractivity contribution in [3.63, 3.8) is 0 Å². The summed E-state index contributed by atoms with van der Waals surface area (Å²) in [6.07, 6.45) is 6.12. The molecule has 0 saturated carbocycles. The van der Waals surface area contributed by atoms with Crippen molar-refractivity contribution >= 4 is 30.7 Å². The van der Waals surface area contributed by atoms with Gasteiger partial charge in [-0.15, -0.1) is 24.8 Å². The molecule has 0 aliphatic carbocycles. The fourth-order valence-corrected chi connectivity index (χ4v) is 4.62. The van der Waals surface area contributed by atoms with Crippen LogP contribution in [0.25, 0.3) is 0 Å². The maximum atomic E-state index is 13.1. The minimum absolute atomic E-state index is 0. The molecular formula is C22H38Cl2N4O3. The Balaban J connectivity index is 0.00000240. The largest absolute Gasteiger partial charge is 0.395 e. The number of carbonyl (C=O) groups excluding carboxylic acids is 1. The van der Waals surface area contributed by atoms with Crippen LogP contribution in [0.15, 0.2) is 17.1 Å². The summed E-state index contributed by atoms with van der Waals surface area (Å²) in [5, 5.41) is 12.5. The van der Waals surface area contributed by atoms with Gasteiger partial charge in [0.1, 0.15) is 5.56 Å². The monoisotopic (exact) mass is 476 g/mol. The second-order valence-electron chi connectivity index (χ2n) is 8.74. The third kappa shape index (κ3) is 7.46. The smallest absolute Gasteiger partial charge is 0.263 e. The van der Waals surface area contributed by atoms with Crippen LogP contribution < -0.4 is 10.9 Å². The standard InChI is InChI=1S/C22H36N4O3.2ClH/c1-17-5-11-26(16-19-4-3-8-23-14-19)22(29)20(17)21(28)24(2)15-18-6-9-25(10-7-18)12-13-27;;/h5,11,18-19,23,27H,3-4,6-10,12-16H2,1-2H3;2*1H. The summed E-state index contributed by atoms with van der Waals surface area (Å²) in [6.45, 7) is 8.00. The summed E-state index contributed by atoms with van der Waals surface area (Å²) in [5.41, 5.74) is 0.907. The van der Waals surface area contributed by atoms with Gasteiger partial charge in [-0.05, 0) is 82.3 Å². The van der Waals surface area contributed by atoms with E-state index < -0.39 is 0 Å². The Morgan fingerprint density at radius 3 is 2.55 bits per heavy atom. The van der Waals surface area contributed by atoms with Gasteiger partial charge in [-0.2, -0.15) is 0 Å². The molecule has 2 fully saturated rings. The Morgan fingerprint density at radius 1 is 1.23 bits per heavy atom. The summed E-state index contributed by atoms with van der Waals surface area (Å²) in [7, 11) is 1.81. The molecule has 0 radical (unpaired) electrons. The first-order chi connectivity index (χ1) is 14.0. The first kappa shape index (κ1) is 27.9. The number of β-amino-alcohol motifs (C(OH)–C–C–N with tert-alkyl or cyclic N) is 1. The van der Waals surface area contributed by atoms with Crippen LogP contribution in [0.5, 0.6) is 0 Å². The highest BCUT2D eigenvalue weighted by Gasteiger charge is 2.25. The van der Waals surface area contributed by atoms with E-state index in [4.69, 9.17) is 5.11 Å². The maximum Gasteiger partial charge on any atom is 0.263 e. The van der Waals surface area contributed by atoms with Crippen molar-refractivity contribution in [2.24, 2.45) is 11.8 Å². The van der Waals surface area contributed by atoms with Gasteiger partial charge in [0.15, 0.2) is 0 Å². The van der Waals surface area contributed by atoms with Crippen molar-refractivity contribution in [3.8, 4) is 0 Å². The van der Waals surface area contributed by atoms with Crippen molar-refractivity contribution < 1.29 is 9.90 Å². The molecule has 0 aromatic carbocycles. The molecule has 1 unspecified atom stereocenters. The van der Waals surface area contributed by atoms with Crippen LogP contribution in [0.3, 0.4) is 0 Å². The van der Waals surface area contributed by atoms with Crippen LogP contribution in [0.2, 0.25) is 0 Å². The van der Waals surface area contributed by atoms with E-state index in [1.807, 2.05) is 26.2 Å². The molecule has 7 nitrogen and oxygen atoms in total. The number of aliphatic hydroxyl groups is 1. The molecule has 0 spiro atoms. The van der Waals surface area contributed by atoms with Crippen LogP contribution >= 0.6 is 24.8 Å². The number of likely N-dealkylation sites (tertiary alicyclic amines) is 1. The highest BCUT2D eigenvalue weighted by molar-refractivity contribution is 5.95. The Hall–Kier alpha value is -1.12. The molecule has 2 aliphatic rings. The first-order valence-electron chi connectivity index (χ1n) is 11.0. The second-order valence-corrected chi connectivity index (χ2v) is 8.74. The van der Waals surface area contributed by atoms with E-state index in [0.29, 0.717) is 30.5 Å². The Kier molecular flexibility index (Phi) is 12.1. The predicted octanol–water partition coefficient (Wildman–Crippen LogP) is 1.78. The zero-order valence-electron chi connectivity index (χ0n) is 18.7. The van der Waals surface area contributed by atoms with Crippen LogP contribution in [-0.2, 0) is 6.54 Å². The average molecular weight is 477 g/mol. The van der Waals surface area contributed by atoms with Gasteiger partial charge in [0, 0.05) is 32.9 Å². The van der Waals surface area contributed by atoms with Crippen LogP contribution in [-0.4, -0.2) is 78.3 Å². The average Bonchev–Trinajstić information content (AvgIpc) is 2.72. The van der Waals surface area contributed by atoms with Gasteiger partial charge >= 0.3 is 0 Å². The second kappa shape index (κ2) is 13.4. The molecule has 1 amide bonds. The number of hydrogen-bond donors (Lipinski definition) is 2. The van der Waals surface area contributed by atoms with Gasteiger partial charge in [0.05, 0.1) is 6.61 Å². The van der Waals surface area contributed by atoms with Crippen molar-refractivity contribution in [1.82, 2.24) is 19.7 Å². The van der Waals surface area contributed by atoms with E-state index in [1.165, 1.54) is 0 Å². The Morgan fingerprint density at radius 2 is 1.94 bits per heavy atom. The summed E-state index contributed by atoms with van der Waals surface area (Å²) in [5.74, 6) is 0.716. The van der Waals surface area contributed by atoms with E-state index in [0.717, 1.165) is 64.0 Å². The van der Waals surface area contributed by atoms with Crippen LogP contribution in [0, 0.1) is 18.8 Å². The van der Waals surface area contributed by atoms with Crippen molar-refractivity contribution in [3.05, 3.63) is 33.7 Å². The van der Waals surface area contributed by atoms with E-state index in [-0.39, 0.29) is 42.9 Å². The third-order valence-corrected chi connectivity index (χ3v) is 6.44. The molecule has 3 heterocycles. The topological polar surface area (TPSA) is 77.8 Å². The number of piperidine rings is 2. The molecule has 3 rings (SSSR count). The van der Waals surface area contributed by atoms with Gasteiger partial charge in [-0.3, -0.25) is 9.59 Å². The highest BCUT2D eigenvalue weighted by atomic mass is 35.5. The first-order valence-corrected chi connectivity index (χ1v) is 11.0. The molecule has 1 aromatic heterocycles. The number of rotatable bonds is 7. The van der Waals surface area contributed by atoms with Crippen molar-refractivity contribution in [2.75, 3.05) is 52.9 Å². The summed E-state index contributed by atoms with van der Waals surface area (Å²) in [4.78, 5) is 30.2. The number of halogens is 2. The molecule has 0 bridgehead atoms. The number of nitrogens with one attached hydrogen (secondary N) is 1. The third-order valence-electron chi connectivity index (χ3n) is 6.44. The lowest BCUT2D eigenvalue weighted by molar-refractivity contribution is 0.0729. The number of aryl methyl sites for hydroxylation is 1. The van der Waals surface area contributed by atoms with Gasteiger partial charge < -0.3 is 24.8 Å². The number of nitrogens with zero attached hydrogens (tertiary/aromatic N) is 3. The maximum absolute atomic E-state index is 13.1. The van der Waals surface area contributed by atoms with Gasteiger partial charge in [-0.1, -0.05) is 0 Å². The zero-order valence-corrected chi connectivity index (χ0v) is 20.3. The van der Waals surface area contributed by atoms with Gasteiger partial charge in [-0.25, -0.2) is 0 Å². The number of pyridine rings is 1. The van der Waals surface area contributed by atoms with Gasteiger partial charge in [0.25, 0.3) is 11.5 Å². The summed E-state index contributed by atoms with van der Waals surface area (Å²) < 4.78 is 1.72. The van der Waals surface area contributed by atoms with Crippen molar-refractivity contribution in [2.45, 2.75) is 39.2 Å². The normalized spacial score (nSPS) is 19.9. The van der Waals surface area contributed by atoms with Gasteiger partial charge in [0.2, 0.25) is 0 Å².